The summed E-state index contributed by atoms with van der Waals surface area (Å²) < 4.78 is 60.2. The van der Waals surface area contributed by atoms with Gasteiger partial charge >= 0.3 is 0 Å². The molecule has 0 saturated heterocycles. The summed E-state index contributed by atoms with van der Waals surface area (Å²) in [7, 11) is -6.64. The number of nitrogens with one attached hydrogen (secondary N) is 1. The van der Waals surface area contributed by atoms with Gasteiger partial charge in [0.25, 0.3) is 10.0 Å². The van der Waals surface area contributed by atoms with Crippen LogP contribution in [0.1, 0.15) is 12.5 Å². The van der Waals surface area contributed by atoms with Crippen molar-refractivity contribution in [1.82, 2.24) is 0 Å². The van der Waals surface area contributed by atoms with E-state index in [-0.39, 0.29) is 31.8 Å². The van der Waals surface area contributed by atoms with Crippen LogP contribution in [0.2, 0.25) is 5.02 Å². The second-order valence-corrected chi connectivity index (χ2v) is 10.9. The molecule has 33 heavy (non-hydrogen) atoms. The summed E-state index contributed by atoms with van der Waals surface area (Å²) >= 11 is 5.80. The van der Waals surface area contributed by atoms with Gasteiger partial charge in [-0.05, 0) is 80.1 Å². The smallest absolute Gasteiger partial charge is 0.283 e. The van der Waals surface area contributed by atoms with Crippen molar-refractivity contribution in [3.05, 3.63) is 71.2 Å². The molecule has 0 atom stereocenters. The number of benzene rings is 3. The number of aromatic hydroxyl groups is 1. The van der Waals surface area contributed by atoms with Gasteiger partial charge in [-0.15, -0.1) is 4.40 Å². The Balaban J connectivity index is 1.98. The number of ether oxygens (including phenoxy) is 1. The van der Waals surface area contributed by atoms with E-state index in [9.17, 15) is 21.9 Å². The van der Waals surface area contributed by atoms with Crippen molar-refractivity contribution in [1.29, 1.82) is 0 Å². The molecule has 3 aromatic rings. The van der Waals surface area contributed by atoms with E-state index in [1.807, 2.05) is 0 Å². The summed E-state index contributed by atoms with van der Waals surface area (Å²) in [6.07, 6.45) is 0. The first-order chi connectivity index (χ1) is 15.5. The van der Waals surface area contributed by atoms with Gasteiger partial charge < -0.3 is 15.2 Å². The van der Waals surface area contributed by atoms with Gasteiger partial charge in [0.1, 0.15) is 22.2 Å². The SMILES string of the molecule is COc1ccc(S(=O)(=O)c2c(O)ccc(NC(C)=NS(=O)(=O)c3ccc(Cl)cc3)c2C)cc1. The molecule has 0 fully saturated rings. The van der Waals surface area contributed by atoms with Gasteiger partial charge in [-0.25, -0.2) is 8.42 Å². The molecule has 8 nitrogen and oxygen atoms in total. The Morgan fingerprint density at radius 1 is 0.939 bits per heavy atom. The fourth-order valence-corrected chi connectivity index (χ4v) is 5.79. The van der Waals surface area contributed by atoms with Crippen LogP contribution < -0.4 is 10.1 Å². The molecular weight excluding hydrogens is 488 g/mol. The van der Waals surface area contributed by atoms with E-state index in [1.165, 1.54) is 81.6 Å². The van der Waals surface area contributed by atoms with Crippen LogP contribution in [0.4, 0.5) is 5.69 Å². The van der Waals surface area contributed by atoms with Gasteiger partial charge in [-0.2, -0.15) is 8.42 Å². The maximum absolute atomic E-state index is 13.2. The summed E-state index contributed by atoms with van der Waals surface area (Å²) in [4.78, 5) is -0.376. The van der Waals surface area contributed by atoms with Gasteiger partial charge in [0.05, 0.1) is 16.9 Å². The van der Waals surface area contributed by atoms with E-state index in [2.05, 4.69) is 9.71 Å². The number of hydrogen-bond acceptors (Lipinski definition) is 6. The molecule has 0 aliphatic heterocycles. The first-order valence-electron chi connectivity index (χ1n) is 9.51. The van der Waals surface area contributed by atoms with Gasteiger partial charge in [0.2, 0.25) is 9.84 Å². The van der Waals surface area contributed by atoms with Crippen LogP contribution in [0.15, 0.2) is 79.7 Å². The summed E-state index contributed by atoms with van der Waals surface area (Å²) in [5.41, 5.74) is 0.469. The number of sulfone groups is 1. The molecule has 174 valence electrons. The molecule has 2 N–H and O–H groups in total. The van der Waals surface area contributed by atoms with Crippen LogP contribution in [0.3, 0.4) is 0 Å². The predicted molar refractivity (Wildman–Crippen MR) is 127 cm³/mol. The summed E-state index contributed by atoms with van der Waals surface area (Å²) in [6, 6.07) is 13.9. The predicted octanol–water partition coefficient (Wildman–Crippen LogP) is 4.41. The summed E-state index contributed by atoms with van der Waals surface area (Å²) in [5.74, 6) is 0.0582. The zero-order chi connectivity index (χ0) is 24.4. The van der Waals surface area contributed by atoms with Crippen molar-refractivity contribution in [3.8, 4) is 11.5 Å². The summed E-state index contributed by atoms with van der Waals surface area (Å²) in [5, 5.41) is 13.5. The van der Waals surface area contributed by atoms with Gasteiger partial charge in [0, 0.05) is 10.7 Å². The third kappa shape index (κ3) is 5.29. The fourth-order valence-electron chi connectivity index (χ4n) is 3.08. The van der Waals surface area contributed by atoms with E-state index in [1.54, 1.807) is 0 Å². The molecule has 0 aliphatic rings. The van der Waals surface area contributed by atoms with E-state index in [0.717, 1.165) is 0 Å². The Labute approximate surface area is 197 Å². The number of hydrogen-bond donors (Lipinski definition) is 2. The number of nitrogens with zero attached hydrogens (tertiary/aromatic N) is 1. The average molecular weight is 509 g/mol. The Hall–Kier alpha value is -3.08. The van der Waals surface area contributed by atoms with Crippen molar-refractivity contribution >= 4 is 43.0 Å². The fraction of sp³-hybridized carbons (Fsp3) is 0.136. The summed E-state index contributed by atoms with van der Waals surface area (Å²) in [6.45, 7) is 2.93. The molecule has 0 aromatic heterocycles. The molecule has 0 aliphatic carbocycles. The average Bonchev–Trinajstić information content (AvgIpc) is 2.75. The molecule has 0 heterocycles. The minimum Gasteiger partial charge on any atom is -0.507 e. The van der Waals surface area contributed by atoms with Gasteiger partial charge in [-0.1, -0.05) is 11.6 Å². The van der Waals surface area contributed by atoms with Crippen LogP contribution in [-0.4, -0.2) is 34.9 Å². The Morgan fingerprint density at radius 3 is 2.09 bits per heavy atom. The lowest BCUT2D eigenvalue weighted by Gasteiger charge is -2.15. The number of phenols is 1. The third-order valence-electron chi connectivity index (χ3n) is 4.71. The second-order valence-electron chi connectivity index (χ2n) is 7.00. The normalized spacial score (nSPS) is 12.4. The van der Waals surface area contributed by atoms with Crippen molar-refractivity contribution in [2.75, 3.05) is 12.4 Å². The van der Waals surface area contributed by atoms with Crippen molar-refractivity contribution in [2.24, 2.45) is 4.40 Å². The highest BCUT2D eigenvalue weighted by atomic mass is 35.5. The van der Waals surface area contributed by atoms with Crippen molar-refractivity contribution in [2.45, 2.75) is 28.5 Å². The van der Waals surface area contributed by atoms with Crippen LogP contribution in [-0.2, 0) is 19.9 Å². The molecule has 0 spiro atoms. The van der Waals surface area contributed by atoms with Crippen molar-refractivity contribution < 1.29 is 26.7 Å². The largest absolute Gasteiger partial charge is 0.507 e. The standard InChI is InChI=1S/C22H21ClN2O6S2/c1-14-20(24-15(2)25-33(29,30)19-8-4-16(23)5-9-19)12-13-21(26)22(14)32(27,28)18-10-6-17(31-3)7-11-18/h4-13,26H,1-3H3,(H,24,25). The Kier molecular flexibility index (Phi) is 7.01. The number of phenolic OH excluding ortho intramolecular Hbond substituents is 1. The molecule has 0 radical (unpaired) electrons. The number of methoxy groups -OCH3 is 1. The minimum atomic E-state index is -4.08. The van der Waals surface area contributed by atoms with Crippen LogP contribution in [0.5, 0.6) is 11.5 Å². The number of sulfonamides is 1. The topological polar surface area (TPSA) is 122 Å². The lowest BCUT2D eigenvalue weighted by molar-refractivity contribution is 0.414. The first-order valence-corrected chi connectivity index (χ1v) is 12.8. The van der Waals surface area contributed by atoms with E-state index in [4.69, 9.17) is 16.3 Å². The van der Waals surface area contributed by atoms with E-state index in [0.29, 0.717) is 10.8 Å². The molecular formula is C22H21ClN2O6S2. The first kappa shape index (κ1) is 24.6. The highest BCUT2D eigenvalue weighted by Gasteiger charge is 2.26. The molecule has 3 aromatic carbocycles. The monoisotopic (exact) mass is 508 g/mol. The third-order valence-corrected chi connectivity index (χ3v) is 8.29. The number of rotatable bonds is 6. The molecule has 0 unspecified atom stereocenters. The zero-order valence-corrected chi connectivity index (χ0v) is 20.3. The van der Waals surface area contributed by atoms with Crippen LogP contribution in [0, 0.1) is 6.92 Å². The number of halogens is 1. The van der Waals surface area contributed by atoms with Crippen LogP contribution in [0.25, 0.3) is 0 Å². The maximum Gasteiger partial charge on any atom is 0.283 e. The highest BCUT2D eigenvalue weighted by Crippen LogP contribution is 2.36. The Morgan fingerprint density at radius 2 is 1.52 bits per heavy atom. The molecule has 0 amide bonds. The van der Waals surface area contributed by atoms with Crippen LogP contribution >= 0.6 is 11.6 Å². The highest BCUT2D eigenvalue weighted by molar-refractivity contribution is 7.91. The second kappa shape index (κ2) is 9.42. The quantitative estimate of drug-likeness (QED) is 0.287. The lowest BCUT2D eigenvalue weighted by atomic mass is 10.2. The van der Waals surface area contributed by atoms with E-state index < -0.39 is 25.6 Å². The molecule has 0 saturated carbocycles. The molecule has 3 rings (SSSR count). The number of anilines is 1. The molecule has 0 bridgehead atoms. The maximum atomic E-state index is 13.2. The number of amidine groups is 1. The zero-order valence-electron chi connectivity index (χ0n) is 17.9. The van der Waals surface area contributed by atoms with Gasteiger partial charge in [0.15, 0.2) is 0 Å². The Bertz CT molecular complexity index is 1420. The van der Waals surface area contributed by atoms with Gasteiger partial charge in [-0.3, -0.25) is 0 Å². The van der Waals surface area contributed by atoms with E-state index >= 15 is 0 Å². The molecule has 11 heteroatoms. The van der Waals surface area contributed by atoms with Crippen molar-refractivity contribution in [3.63, 3.8) is 0 Å². The minimum absolute atomic E-state index is 0.00605. The lowest BCUT2D eigenvalue weighted by Crippen LogP contribution is -2.13.